The Hall–Kier alpha value is -3.94. The van der Waals surface area contributed by atoms with Gasteiger partial charge in [-0.2, -0.15) is 0 Å². The van der Waals surface area contributed by atoms with Crippen molar-refractivity contribution in [2.75, 3.05) is 4.90 Å². The van der Waals surface area contributed by atoms with Gasteiger partial charge in [-0.25, -0.2) is 19.3 Å². The van der Waals surface area contributed by atoms with Crippen LogP contribution in [0.3, 0.4) is 0 Å². The number of rotatable bonds is 5. The fraction of sp³-hybridized carbons (Fsp3) is 0.438. The third-order valence-corrected chi connectivity index (χ3v) is 5.81. The van der Waals surface area contributed by atoms with E-state index in [4.69, 9.17) is 14.2 Å². The summed E-state index contributed by atoms with van der Waals surface area (Å²) < 4.78 is 16.9. The smallest absolute Gasteiger partial charge is 0.421 e. The molecular weight excluding hydrogens is 510 g/mol. The summed E-state index contributed by atoms with van der Waals surface area (Å²) in [4.78, 5) is 56.1. The molecule has 0 saturated carbocycles. The van der Waals surface area contributed by atoms with Crippen molar-refractivity contribution in [3.8, 4) is 0 Å². The van der Waals surface area contributed by atoms with Gasteiger partial charge in [0, 0.05) is 6.08 Å². The summed E-state index contributed by atoms with van der Waals surface area (Å²) in [6.45, 7) is 15.3. The van der Waals surface area contributed by atoms with Crippen molar-refractivity contribution in [2.45, 2.75) is 91.0 Å². The van der Waals surface area contributed by atoms with Crippen LogP contribution in [0.25, 0.3) is 0 Å². The fourth-order valence-corrected chi connectivity index (χ4v) is 4.50. The van der Waals surface area contributed by atoms with E-state index in [2.05, 4.69) is 0 Å². The first-order chi connectivity index (χ1) is 18.3. The molecule has 1 aliphatic heterocycles. The summed E-state index contributed by atoms with van der Waals surface area (Å²) in [5.74, 6) is -2.42. The Morgan fingerprint density at radius 2 is 1.27 bits per heavy atom. The maximum Gasteiger partial charge on any atom is 0.421 e. The summed E-state index contributed by atoms with van der Waals surface area (Å²) >= 11 is 0. The number of esters is 2. The van der Waals surface area contributed by atoms with E-state index in [9.17, 15) is 19.2 Å². The molecule has 8 nitrogen and oxygen atoms in total. The first kappa shape index (κ1) is 30.6. The molecule has 3 rings (SSSR count). The van der Waals surface area contributed by atoms with Crippen LogP contribution in [-0.2, 0) is 40.4 Å². The van der Waals surface area contributed by atoms with E-state index in [0.717, 1.165) is 11.0 Å². The van der Waals surface area contributed by atoms with E-state index in [0.29, 0.717) is 11.1 Å². The van der Waals surface area contributed by atoms with Gasteiger partial charge in [-0.1, -0.05) is 48.5 Å². The SMILES string of the molecule is CC(C)(C)OC(=O)/C=C(\C(=O)OC(C)(C)C)[C@]1(Cc2ccccc2)C(=O)N(C(=O)OC(C)(C)C)c2ccccc21. The second-order valence-electron chi connectivity index (χ2n) is 12.8. The molecule has 0 radical (unpaired) electrons. The molecular formula is C32H39NO7. The minimum Gasteiger partial charge on any atom is -0.457 e. The first-order valence-corrected chi connectivity index (χ1v) is 13.2. The monoisotopic (exact) mass is 549 g/mol. The number of amides is 2. The molecule has 1 aliphatic rings. The van der Waals surface area contributed by atoms with Gasteiger partial charge >= 0.3 is 18.0 Å². The van der Waals surface area contributed by atoms with Crippen LogP contribution in [0.4, 0.5) is 10.5 Å². The van der Waals surface area contributed by atoms with Crippen LogP contribution in [-0.4, -0.2) is 40.7 Å². The van der Waals surface area contributed by atoms with Gasteiger partial charge < -0.3 is 14.2 Å². The number of ether oxygens (including phenoxy) is 3. The van der Waals surface area contributed by atoms with E-state index in [1.54, 1.807) is 86.6 Å². The quantitative estimate of drug-likeness (QED) is 0.254. The van der Waals surface area contributed by atoms with E-state index in [1.165, 1.54) is 0 Å². The van der Waals surface area contributed by atoms with Crippen molar-refractivity contribution < 1.29 is 33.4 Å². The molecule has 0 aliphatic carbocycles. The molecule has 1 heterocycles. The molecule has 0 N–H and O–H groups in total. The predicted molar refractivity (Wildman–Crippen MR) is 152 cm³/mol. The molecule has 1 atom stereocenters. The van der Waals surface area contributed by atoms with E-state index in [1.807, 2.05) is 30.3 Å². The second-order valence-corrected chi connectivity index (χ2v) is 12.8. The number of hydrogen-bond acceptors (Lipinski definition) is 7. The normalized spacial score (nSPS) is 17.8. The van der Waals surface area contributed by atoms with Crippen molar-refractivity contribution in [3.05, 3.63) is 77.4 Å². The molecule has 0 saturated heterocycles. The third-order valence-electron chi connectivity index (χ3n) is 5.81. The lowest BCUT2D eigenvalue weighted by molar-refractivity contribution is -0.153. The van der Waals surface area contributed by atoms with Gasteiger partial charge in [0.25, 0.3) is 5.91 Å². The Balaban J connectivity index is 2.36. The van der Waals surface area contributed by atoms with Crippen LogP contribution in [0.15, 0.2) is 66.2 Å². The number of fused-ring (bicyclic) bond motifs is 1. The molecule has 2 aromatic carbocycles. The van der Waals surface area contributed by atoms with Crippen LogP contribution >= 0.6 is 0 Å². The highest BCUT2D eigenvalue weighted by molar-refractivity contribution is 6.25. The van der Waals surface area contributed by atoms with Crippen molar-refractivity contribution in [1.29, 1.82) is 0 Å². The summed E-state index contributed by atoms with van der Waals surface area (Å²) in [5, 5.41) is 0. The molecule has 0 spiro atoms. The van der Waals surface area contributed by atoms with Crippen molar-refractivity contribution in [2.24, 2.45) is 0 Å². The molecule has 40 heavy (non-hydrogen) atoms. The lowest BCUT2D eigenvalue weighted by atomic mass is 9.70. The number of hydrogen-bond donors (Lipinski definition) is 0. The predicted octanol–water partition coefficient (Wildman–Crippen LogP) is 6.06. The molecule has 0 bridgehead atoms. The highest BCUT2D eigenvalue weighted by Gasteiger charge is 2.58. The molecule has 0 fully saturated rings. The third kappa shape index (κ3) is 6.97. The summed E-state index contributed by atoms with van der Waals surface area (Å²) in [6.07, 6.45) is 0.104. The average Bonchev–Trinajstić information content (AvgIpc) is 3.03. The summed E-state index contributed by atoms with van der Waals surface area (Å²) in [5.41, 5.74) is -3.39. The standard InChI is InChI=1S/C32H39NO7/c1-29(2,3)38-25(34)19-23(26(35)39-30(4,5)6)32(20-21-15-11-10-12-16-21)22-17-13-14-18-24(22)33(27(32)36)28(37)40-31(7,8)9/h10-19H,20H2,1-9H3/b23-19+/t32-/m1/s1. The number of nitrogens with zero attached hydrogens (tertiary/aromatic N) is 1. The summed E-state index contributed by atoms with van der Waals surface area (Å²) in [6, 6.07) is 15.8. The molecule has 2 amide bonds. The van der Waals surface area contributed by atoms with Gasteiger partial charge in [-0.05, 0) is 85.9 Å². The number of carbonyl (C=O) groups excluding carboxylic acids is 4. The number of anilines is 1. The number of benzene rings is 2. The van der Waals surface area contributed by atoms with Crippen LogP contribution in [0.2, 0.25) is 0 Å². The maximum absolute atomic E-state index is 14.6. The molecule has 0 unspecified atom stereocenters. The largest absolute Gasteiger partial charge is 0.457 e. The highest BCUT2D eigenvalue weighted by Crippen LogP contribution is 2.49. The zero-order valence-electron chi connectivity index (χ0n) is 24.8. The lowest BCUT2D eigenvalue weighted by Crippen LogP contribution is -2.49. The van der Waals surface area contributed by atoms with Crippen molar-refractivity contribution in [3.63, 3.8) is 0 Å². The zero-order chi connectivity index (χ0) is 30.1. The lowest BCUT2D eigenvalue weighted by Gasteiger charge is -2.32. The molecule has 214 valence electrons. The number of imide groups is 1. The Morgan fingerprint density at radius 1 is 0.750 bits per heavy atom. The number of para-hydroxylation sites is 1. The van der Waals surface area contributed by atoms with E-state index >= 15 is 0 Å². The molecule has 8 heteroatoms. The zero-order valence-corrected chi connectivity index (χ0v) is 24.8. The van der Waals surface area contributed by atoms with Crippen LogP contribution < -0.4 is 4.90 Å². The molecule has 0 aromatic heterocycles. The van der Waals surface area contributed by atoms with Gasteiger partial charge in [0.05, 0.1) is 11.3 Å². The topological polar surface area (TPSA) is 99.2 Å². The summed E-state index contributed by atoms with van der Waals surface area (Å²) in [7, 11) is 0. The second kappa shape index (κ2) is 10.9. The van der Waals surface area contributed by atoms with Gasteiger partial charge in [0.2, 0.25) is 0 Å². The van der Waals surface area contributed by atoms with Crippen LogP contribution in [0, 0.1) is 0 Å². The Kier molecular flexibility index (Phi) is 8.35. The van der Waals surface area contributed by atoms with Crippen molar-refractivity contribution >= 4 is 29.6 Å². The number of carbonyl (C=O) groups is 4. The van der Waals surface area contributed by atoms with Gasteiger partial charge in [-0.15, -0.1) is 0 Å². The minimum atomic E-state index is -1.80. The highest BCUT2D eigenvalue weighted by atomic mass is 16.6. The maximum atomic E-state index is 14.6. The van der Waals surface area contributed by atoms with Gasteiger partial charge in [0.15, 0.2) is 0 Å². The van der Waals surface area contributed by atoms with Crippen molar-refractivity contribution in [1.82, 2.24) is 0 Å². The van der Waals surface area contributed by atoms with Crippen LogP contribution in [0.5, 0.6) is 0 Å². The average molecular weight is 550 g/mol. The van der Waals surface area contributed by atoms with Crippen LogP contribution in [0.1, 0.15) is 73.4 Å². The minimum absolute atomic E-state index is 0.0309. The van der Waals surface area contributed by atoms with Gasteiger partial charge in [-0.3, -0.25) is 4.79 Å². The Labute approximate surface area is 236 Å². The fourth-order valence-electron chi connectivity index (χ4n) is 4.50. The Bertz CT molecular complexity index is 1320. The van der Waals surface area contributed by atoms with E-state index in [-0.39, 0.29) is 17.7 Å². The first-order valence-electron chi connectivity index (χ1n) is 13.2. The van der Waals surface area contributed by atoms with Gasteiger partial charge in [0.1, 0.15) is 22.2 Å². The molecule has 2 aromatic rings. The Morgan fingerprint density at radius 3 is 1.82 bits per heavy atom. The van der Waals surface area contributed by atoms with E-state index < -0.39 is 46.2 Å².